The Morgan fingerprint density at radius 3 is 2.62 bits per heavy atom. The molecule has 0 aliphatic carbocycles. The van der Waals surface area contributed by atoms with E-state index in [1.54, 1.807) is 4.68 Å². The van der Waals surface area contributed by atoms with Crippen LogP contribution in [0.1, 0.15) is 11.1 Å². The lowest BCUT2D eigenvalue weighted by Crippen LogP contribution is -2.41. The molecular formula is C15H18ClN5O3S2. The summed E-state index contributed by atoms with van der Waals surface area (Å²) >= 11 is 7.18. The van der Waals surface area contributed by atoms with Crippen molar-refractivity contribution in [3.63, 3.8) is 0 Å². The van der Waals surface area contributed by atoms with Gasteiger partial charge in [0.05, 0.1) is 34.4 Å². The number of tetrazole rings is 1. The zero-order valence-electron chi connectivity index (χ0n) is 14.2. The van der Waals surface area contributed by atoms with Crippen molar-refractivity contribution in [2.24, 2.45) is 0 Å². The maximum Gasteiger partial charge on any atom is 0.230 e. The van der Waals surface area contributed by atoms with Crippen molar-refractivity contribution in [1.82, 2.24) is 25.5 Å². The fourth-order valence-electron chi connectivity index (χ4n) is 2.82. The first-order valence-corrected chi connectivity index (χ1v) is 11.1. The maximum atomic E-state index is 12.1. The fourth-order valence-corrected chi connectivity index (χ4v) is 6.07. The van der Waals surface area contributed by atoms with Gasteiger partial charge in [-0.05, 0) is 47.5 Å². The summed E-state index contributed by atoms with van der Waals surface area (Å²) < 4.78 is 24.7. The van der Waals surface area contributed by atoms with E-state index in [9.17, 15) is 13.2 Å². The number of carbonyl (C=O) groups is 1. The van der Waals surface area contributed by atoms with Crippen LogP contribution in [0, 0.1) is 13.8 Å². The van der Waals surface area contributed by atoms with E-state index in [4.69, 9.17) is 11.6 Å². The van der Waals surface area contributed by atoms with Crippen LogP contribution in [0.25, 0.3) is 5.69 Å². The molecule has 1 aliphatic heterocycles. The molecule has 0 bridgehead atoms. The molecule has 1 saturated heterocycles. The Morgan fingerprint density at radius 1 is 1.31 bits per heavy atom. The molecule has 8 nitrogen and oxygen atoms in total. The number of aryl methyl sites for hydroxylation is 2. The average Bonchev–Trinajstić information content (AvgIpc) is 3.08. The zero-order valence-corrected chi connectivity index (χ0v) is 16.6. The number of benzene rings is 1. The van der Waals surface area contributed by atoms with Gasteiger partial charge in [-0.25, -0.2) is 8.42 Å². The normalized spacial score (nSPS) is 21.7. The maximum absolute atomic E-state index is 12.1. The van der Waals surface area contributed by atoms with E-state index in [-0.39, 0.29) is 23.2 Å². The number of aromatic nitrogens is 4. The predicted octanol–water partition coefficient (Wildman–Crippen LogP) is 0.892. The third-order valence-corrected chi connectivity index (χ3v) is 7.15. The number of hydrogen-bond donors (Lipinski definition) is 1. The van der Waals surface area contributed by atoms with Crippen LogP contribution in [-0.2, 0) is 14.6 Å². The van der Waals surface area contributed by atoms with Gasteiger partial charge in [0.2, 0.25) is 11.1 Å². The smallest absolute Gasteiger partial charge is 0.230 e. The highest BCUT2D eigenvalue weighted by molar-refractivity contribution is 7.99. The molecule has 0 unspecified atom stereocenters. The Balaban J connectivity index is 1.64. The van der Waals surface area contributed by atoms with Crippen LogP contribution in [0.15, 0.2) is 23.4 Å². The molecule has 1 N–H and O–H groups in total. The molecule has 2 aromatic rings. The van der Waals surface area contributed by atoms with Crippen molar-refractivity contribution in [3.05, 3.63) is 29.3 Å². The summed E-state index contributed by atoms with van der Waals surface area (Å²) in [6.07, 6.45) is 0. The van der Waals surface area contributed by atoms with Crippen molar-refractivity contribution in [3.8, 4) is 5.69 Å². The Kier molecular flexibility index (Phi) is 5.54. The highest BCUT2D eigenvalue weighted by Gasteiger charge is 2.37. The second-order valence-corrected chi connectivity index (χ2v) is 9.93. The van der Waals surface area contributed by atoms with Crippen LogP contribution >= 0.6 is 23.4 Å². The molecule has 1 fully saturated rings. The molecule has 1 aliphatic rings. The minimum absolute atomic E-state index is 0.0608. The van der Waals surface area contributed by atoms with Gasteiger partial charge in [0.1, 0.15) is 0 Å². The van der Waals surface area contributed by atoms with E-state index < -0.39 is 21.3 Å². The topological polar surface area (TPSA) is 107 Å². The number of halogens is 1. The molecular weight excluding hydrogens is 398 g/mol. The monoisotopic (exact) mass is 415 g/mol. The highest BCUT2D eigenvalue weighted by Crippen LogP contribution is 2.21. The summed E-state index contributed by atoms with van der Waals surface area (Å²) in [6.45, 7) is 3.97. The van der Waals surface area contributed by atoms with Gasteiger partial charge in [0.25, 0.3) is 0 Å². The minimum atomic E-state index is -3.19. The first-order chi connectivity index (χ1) is 12.2. The van der Waals surface area contributed by atoms with Gasteiger partial charge in [-0.1, -0.05) is 17.8 Å². The molecule has 1 amide bonds. The second kappa shape index (κ2) is 7.53. The van der Waals surface area contributed by atoms with Gasteiger partial charge >= 0.3 is 0 Å². The Bertz CT molecular complexity index is 911. The summed E-state index contributed by atoms with van der Waals surface area (Å²) in [5.41, 5.74) is 2.98. The predicted molar refractivity (Wildman–Crippen MR) is 99.6 cm³/mol. The number of carbonyl (C=O) groups excluding carboxylic acids is 1. The number of thioether (sulfide) groups is 1. The molecule has 1 aromatic carbocycles. The van der Waals surface area contributed by atoms with Crippen molar-refractivity contribution >= 4 is 39.1 Å². The Morgan fingerprint density at radius 2 is 2.00 bits per heavy atom. The largest absolute Gasteiger partial charge is 0.350 e. The number of nitrogens with zero attached hydrogens (tertiary/aromatic N) is 4. The molecule has 2 heterocycles. The quantitative estimate of drug-likeness (QED) is 0.570. The van der Waals surface area contributed by atoms with Crippen LogP contribution in [-0.4, -0.2) is 63.2 Å². The van der Waals surface area contributed by atoms with Crippen LogP contribution in [0.5, 0.6) is 0 Å². The lowest BCUT2D eigenvalue weighted by molar-refractivity contribution is -0.119. The molecule has 3 rings (SSSR count). The van der Waals surface area contributed by atoms with Gasteiger partial charge < -0.3 is 5.32 Å². The van der Waals surface area contributed by atoms with Crippen molar-refractivity contribution in [2.75, 3.05) is 17.3 Å². The van der Waals surface area contributed by atoms with Crippen LogP contribution < -0.4 is 5.32 Å². The van der Waals surface area contributed by atoms with E-state index in [0.29, 0.717) is 5.16 Å². The van der Waals surface area contributed by atoms with Gasteiger partial charge in [0, 0.05) is 0 Å². The van der Waals surface area contributed by atoms with Gasteiger partial charge in [-0.3, -0.25) is 4.79 Å². The first kappa shape index (κ1) is 19.1. The van der Waals surface area contributed by atoms with Crippen LogP contribution in [0.2, 0.25) is 0 Å². The minimum Gasteiger partial charge on any atom is -0.350 e. The second-order valence-electron chi connectivity index (χ2n) is 6.27. The Hall–Kier alpha value is -1.65. The summed E-state index contributed by atoms with van der Waals surface area (Å²) in [5, 5.41) is 14.2. The van der Waals surface area contributed by atoms with E-state index in [0.717, 1.165) is 16.8 Å². The van der Waals surface area contributed by atoms with Gasteiger partial charge in [-0.2, -0.15) is 4.68 Å². The van der Waals surface area contributed by atoms with Crippen molar-refractivity contribution < 1.29 is 13.2 Å². The summed E-state index contributed by atoms with van der Waals surface area (Å²) in [7, 11) is -3.19. The number of hydrogen-bond acceptors (Lipinski definition) is 7. The summed E-state index contributed by atoms with van der Waals surface area (Å²) in [5.74, 6) is -0.487. The molecule has 11 heteroatoms. The van der Waals surface area contributed by atoms with E-state index in [1.165, 1.54) is 11.8 Å². The number of rotatable bonds is 5. The van der Waals surface area contributed by atoms with Crippen molar-refractivity contribution in [1.29, 1.82) is 0 Å². The molecule has 1 aromatic heterocycles. The van der Waals surface area contributed by atoms with Gasteiger partial charge in [-0.15, -0.1) is 16.7 Å². The molecule has 0 spiro atoms. The fraction of sp³-hybridized carbons (Fsp3) is 0.467. The number of sulfone groups is 1. The SMILES string of the molecule is Cc1cc(C)cc(-n2nnnc2SCC(=O)N[C@@H]2CS(=O)(=O)C[C@H]2Cl)c1. The molecule has 140 valence electrons. The van der Waals surface area contributed by atoms with E-state index >= 15 is 0 Å². The standard InChI is InChI=1S/C15H18ClN5O3S2/c1-9-3-10(2)5-11(4-9)21-15(18-19-20-21)25-6-14(22)17-13-8-26(23,24)7-12(13)16/h3-5,12-13H,6-8H2,1-2H3,(H,17,22)/t12-,13-/m1/s1. The molecule has 2 atom stereocenters. The highest BCUT2D eigenvalue weighted by atomic mass is 35.5. The third kappa shape index (κ3) is 4.54. The van der Waals surface area contributed by atoms with E-state index in [1.807, 2.05) is 32.0 Å². The lowest BCUT2D eigenvalue weighted by atomic mass is 10.1. The number of amides is 1. The average molecular weight is 416 g/mol. The number of nitrogens with one attached hydrogen (secondary N) is 1. The van der Waals surface area contributed by atoms with Crippen LogP contribution in [0.4, 0.5) is 0 Å². The molecule has 26 heavy (non-hydrogen) atoms. The lowest BCUT2D eigenvalue weighted by Gasteiger charge is -2.14. The molecule has 0 saturated carbocycles. The third-order valence-electron chi connectivity index (χ3n) is 3.85. The van der Waals surface area contributed by atoms with Gasteiger partial charge in [0.15, 0.2) is 9.84 Å². The van der Waals surface area contributed by atoms with Crippen molar-refractivity contribution in [2.45, 2.75) is 30.4 Å². The Labute approximate surface area is 160 Å². The van der Waals surface area contributed by atoms with E-state index in [2.05, 4.69) is 20.8 Å². The zero-order chi connectivity index (χ0) is 18.9. The first-order valence-electron chi connectivity index (χ1n) is 7.87. The summed E-state index contributed by atoms with van der Waals surface area (Å²) in [4.78, 5) is 12.1. The van der Waals surface area contributed by atoms with Crippen LogP contribution in [0.3, 0.4) is 0 Å². The summed E-state index contributed by atoms with van der Waals surface area (Å²) in [6, 6.07) is 5.39. The number of alkyl halides is 1. The molecule has 0 radical (unpaired) electrons.